The summed E-state index contributed by atoms with van der Waals surface area (Å²) in [5.74, 6) is 1.44. The maximum atomic E-state index is 12.5. The van der Waals surface area contributed by atoms with Gasteiger partial charge in [0, 0.05) is 42.8 Å². The van der Waals surface area contributed by atoms with Gasteiger partial charge in [-0.25, -0.2) is 9.78 Å². The van der Waals surface area contributed by atoms with E-state index in [-0.39, 0.29) is 6.09 Å². The van der Waals surface area contributed by atoms with E-state index in [0.29, 0.717) is 5.92 Å². The lowest BCUT2D eigenvalue weighted by atomic mass is 9.96. The molecule has 3 aromatic rings. The molecule has 4 rings (SSSR count). The van der Waals surface area contributed by atoms with Crippen LogP contribution in [0, 0.1) is 5.92 Å². The van der Waals surface area contributed by atoms with Crippen molar-refractivity contribution in [1.82, 2.24) is 19.7 Å². The third kappa shape index (κ3) is 10.1. The smallest absolute Gasteiger partial charge is 0.410 e. The van der Waals surface area contributed by atoms with Gasteiger partial charge in [-0.05, 0) is 123 Å². The van der Waals surface area contributed by atoms with Crippen molar-refractivity contribution in [1.29, 1.82) is 0 Å². The predicted octanol–water partition coefficient (Wildman–Crippen LogP) is 6.61. The lowest BCUT2D eigenvalue weighted by molar-refractivity contribution is 0.0169. The number of carbonyl (C=O) groups excluding carboxylic acids is 1. The van der Waals surface area contributed by atoms with Crippen LogP contribution in [-0.4, -0.2) is 98.4 Å². The highest BCUT2D eigenvalue weighted by molar-refractivity contribution is 5.93. The third-order valence-electron chi connectivity index (χ3n) is 7.93. The Kier molecular flexibility index (Phi) is 11.7. The number of nitrogens with one attached hydrogen (secondary N) is 1. The number of hydrogen-bond donors (Lipinski definition) is 1. The second-order valence-electron chi connectivity index (χ2n) is 12.9. The van der Waals surface area contributed by atoms with Gasteiger partial charge in [0.05, 0.1) is 18.3 Å². The van der Waals surface area contributed by atoms with Gasteiger partial charge in [0.25, 0.3) is 0 Å². The zero-order chi connectivity index (χ0) is 30.8. The van der Waals surface area contributed by atoms with E-state index in [9.17, 15) is 4.79 Å². The van der Waals surface area contributed by atoms with E-state index in [1.807, 2.05) is 43.9 Å². The molecule has 0 saturated carbocycles. The number of fused-ring (bicyclic) bond motifs is 1. The number of piperidine rings is 1. The summed E-state index contributed by atoms with van der Waals surface area (Å²) in [7, 11) is 5.96. The van der Waals surface area contributed by atoms with Gasteiger partial charge >= 0.3 is 6.09 Å². The standard InChI is InChI=1S/C35H51N5O3/c1-35(2,3)43-34(41)40-23-17-27(18-24-40)26-39(22-10-20-38(4)5)21-9-19-36-33-25-32(28-13-15-29(42-6)16-14-28)37-31-12-8-7-11-30(31)33/h7-8,11-16,25,27H,9-10,17-24,26H2,1-6H3,(H,36,37). The second kappa shape index (κ2) is 15.4. The summed E-state index contributed by atoms with van der Waals surface area (Å²) in [6, 6.07) is 18.6. The molecule has 1 aliphatic rings. The Morgan fingerprint density at radius 2 is 1.70 bits per heavy atom. The molecule has 0 bridgehead atoms. The Labute approximate surface area is 258 Å². The molecule has 1 amide bonds. The molecule has 1 aliphatic heterocycles. The molecule has 0 radical (unpaired) electrons. The number of pyridine rings is 1. The van der Waals surface area contributed by atoms with Crippen LogP contribution in [0.5, 0.6) is 5.75 Å². The molecule has 0 atom stereocenters. The fraction of sp³-hybridized carbons (Fsp3) is 0.543. The highest BCUT2D eigenvalue weighted by atomic mass is 16.6. The number of benzene rings is 2. The first kappa shape index (κ1) is 32.6. The lowest BCUT2D eigenvalue weighted by Crippen LogP contribution is -2.44. The highest BCUT2D eigenvalue weighted by Gasteiger charge is 2.27. The second-order valence-corrected chi connectivity index (χ2v) is 12.9. The number of rotatable bonds is 13. The van der Waals surface area contributed by atoms with Crippen molar-refractivity contribution in [3.8, 4) is 17.0 Å². The summed E-state index contributed by atoms with van der Waals surface area (Å²) in [5, 5.41) is 4.87. The Hall–Kier alpha value is -3.36. The molecule has 0 aliphatic carbocycles. The number of nitrogens with zero attached hydrogens (tertiary/aromatic N) is 4. The monoisotopic (exact) mass is 589 g/mol. The molecule has 8 nitrogen and oxygen atoms in total. The molecule has 0 spiro atoms. The number of amides is 1. The number of hydrogen-bond acceptors (Lipinski definition) is 7. The van der Waals surface area contributed by atoms with E-state index in [2.05, 4.69) is 65.6 Å². The zero-order valence-electron chi connectivity index (χ0n) is 27.1. The van der Waals surface area contributed by atoms with E-state index in [4.69, 9.17) is 14.5 Å². The summed E-state index contributed by atoms with van der Waals surface area (Å²) in [6.45, 7) is 12.5. The van der Waals surface area contributed by atoms with Crippen LogP contribution >= 0.6 is 0 Å². The number of anilines is 1. The minimum absolute atomic E-state index is 0.182. The molecule has 1 N–H and O–H groups in total. The first-order chi connectivity index (χ1) is 20.6. The number of carbonyl (C=O) groups is 1. The van der Waals surface area contributed by atoms with Crippen LogP contribution in [0.4, 0.5) is 10.5 Å². The third-order valence-corrected chi connectivity index (χ3v) is 7.93. The number of ether oxygens (including phenoxy) is 2. The van der Waals surface area contributed by atoms with E-state index in [1.165, 1.54) is 0 Å². The summed E-state index contributed by atoms with van der Waals surface area (Å²) < 4.78 is 10.9. The molecule has 43 heavy (non-hydrogen) atoms. The summed E-state index contributed by atoms with van der Waals surface area (Å²) in [6.07, 6.45) is 4.07. The molecule has 1 fully saturated rings. The lowest BCUT2D eigenvalue weighted by Gasteiger charge is -2.35. The zero-order valence-corrected chi connectivity index (χ0v) is 27.1. The number of methoxy groups -OCH3 is 1. The van der Waals surface area contributed by atoms with Crippen LogP contribution in [0.2, 0.25) is 0 Å². The van der Waals surface area contributed by atoms with Gasteiger partial charge in [0.15, 0.2) is 0 Å². The fourth-order valence-corrected chi connectivity index (χ4v) is 5.65. The average Bonchev–Trinajstić information content (AvgIpc) is 2.98. The van der Waals surface area contributed by atoms with Crippen molar-refractivity contribution in [3.63, 3.8) is 0 Å². The van der Waals surface area contributed by atoms with Crippen molar-refractivity contribution in [3.05, 3.63) is 54.6 Å². The predicted molar refractivity (Wildman–Crippen MR) is 177 cm³/mol. The van der Waals surface area contributed by atoms with E-state index < -0.39 is 5.60 Å². The van der Waals surface area contributed by atoms with Crippen LogP contribution < -0.4 is 10.1 Å². The van der Waals surface area contributed by atoms with Crippen LogP contribution in [0.25, 0.3) is 22.2 Å². The first-order valence-electron chi connectivity index (χ1n) is 15.7. The molecule has 234 valence electrons. The summed E-state index contributed by atoms with van der Waals surface area (Å²) in [5.41, 5.74) is 3.67. The Morgan fingerprint density at radius 3 is 2.37 bits per heavy atom. The Bertz CT molecular complexity index is 1300. The average molecular weight is 590 g/mol. The maximum absolute atomic E-state index is 12.5. The van der Waals surface area contributed by atoms with Gasteiger partial charge in [0.1, 0.15) is 11.4 Å². The quantitative estimate of drug-likeness (QED) is 0.225. The molecular weight excluding hydrogens is 538 g/mol. The van der Waals surface area contributed by atoms with Crippen molar-refractivity contribution in [2.75, 3.05) is 72.3 Å². The minimum Gasteiger partial charge on any atom is -0.497 e. The van der Waals surface area contributed by atoms with Gasteiger partial charge < -0.3 is 29.5 Å². The molecule has 0 unspecified atom stereocenters. The van der Waals surface area contributed by atoms with Gasteiger partial charge in [-0.15, -0.1) is 0 Å². The number of para-hydroxylation sites is 1. The Balaban J connectivity index is 1.34. The highest BCUT2D eigenvalue weighted by Crippen LogP contribution is 2.29. The largest absolute Gasteiger partial charge is 0.497 e. The summed E-state index contributed by atoms with van der Waals surface area (Å²) in [4.78, 5) is 24.2. The minimum atomic E-state index is -0.453. The maximum Gasteiger partial charge on any atom is 0.410 e. The van der Waals surface area contributed by atoms with Crippen LogP contribution in [0.15, 0.2) is 54.6 Å². The van der Waals surface area contributed by atoms with Crippen molar-refractivity contribution in [2.24, 2.45) is 5.92 Å². The van der Waals surface area contributed by atoms with Gasteiger partial charge in [-0.2, -0.15) is 0 Å². The molecule has 1 aromatic heterocycles. The van der Waals surface area contributed by atoms with Gasteiger partial charge in [-0.1, -0.05) is 18.2 Å². The molecular formula is C35H51N5O3. The molecule has 1 saturated heterocycles. The van der Waals surface area contributed by atoms with Crippen LogP contribution in [0.3, 0.4) is 0 Å². The molecule has 2 heterocycles. The number of aromatic nitrogens is 1. The van der Waals surface area contributed by atoms with E-state index in [0.717, 1.165) is 105 Å². The SMILES string of the molecule is COc1ccc(-c2cc(NCCCN(CCCN(C)C)CC3CCN(C(=O)OC(C)(C)C)CC3)c3ccccc3n2)cc1. The fourth-order valence-electron chi connectivity index (χ4n) is 5.65. The van der Waals surface area contributed by atoms with E-state index in [1.54, 1.807) is 7.11 Å². The van der Waals surface area contributed by atoms with Gasteiger partial charge in [0.2, 0.25) is 0 Å². The summed E-state index contributed by atoms with van der Waals surface area (Å²) >= 11 is 0. The van der Waals surface area contributed by atoms with Crippen molar-refractivity contribution >= 4 is 22.7 Å². The molecule has 8 heteroatoms. The van der Waals surface area contributed by atoms with E-state index >= 15 is 0 Å². The van der Waals surface area contributed by atoms with Crippen molar-refractivity contribution < 1.29 is 14.3 Å². The van der Waals surface area contributed by atoms with Crippen molar-refractivity contribution in [2.45, 2.75) is 52.1 Å². The van der Waals surface area contributed by atoms with Crippen LogP contribution in [-0.2, 0) is 4.74 Å². The number of likely N-dealkylation sites (tertiary alicyclic amines) is 1. The Morgan fingerprint density at radius 1 is 1.00 bits per heavy atom. The topological polar surface area (TPSA) is 70.2 Å². The normalized spacial score (nSPS) is 14.5. The molecule has 2 aromatic carbocycles. The first-order valence-corrected chi connectivity index (χ1v) is 15.7. The van der Waals surface area contributed by atoms with Crippen LogP contribution in [0.1, 0.15) is 46.5 Å². The van der Waals surface area contributed by atoms with Gasteiger partial charge in [-0.3, -0.25) is 0 Å².